The van der Waals surface area contributed by atoms with Gasteiger partial charge in [-0.3, -0.25) is 25.8 Å². The standard InChI is InChI=1S/C20H16FN3O3S/c21-17-8-4-3-7-16(17)19(26)22-20(28)24-23-18(25)12-27-15-10-9-13-5-1-2-6-14(13)11-15/h1-11H,12H2,(H,23,25)(H2,22,24,26,28). The van der Waals surface area contributed by atoms with E-state index in [-0.39, 0.29) is 17.3 Å². The van der Waals surface area contributed by atoms with Gasteiger partial charge in [0.15, 0.2) is 11.7 Å². The average molecular weight is 397 g/mol. The van der Waals surface area contributed by atoms with Gasteiger partial charge in [-0.25, -0.2) is 4.39 Å². The summed E-state index contributed by atoms with van der Waals surface area (Å²) in [6.45, 7) is -0.255. The highest BCUT2D eigenvalue weighted by molar-refractivity contribution is 7.80. The molecule has 0 radical (unpaired) electrons. The Balaban J connectivity index is 1.45. The topological polar surface area (TPSA) is 79.5 Å². The van der Waals surface area contributed by atoms with Crippen molar-refractivity contribution in [3.8, 4) is 5.75 Å². The van der Waals surface area contributed by atoms with Gasteiger partial charge in [0.05, 0.1) is 5.56 Å². The molecule has 3 N–H and O–H groups in total. The first-order valence-corrected chi connectivity index (χ1v) is 8.70. The lowest BCUT2D eigenvalue weighted by Gasteiger charge is -2.12. The lowest BCUT2D eigenvalue weighted by atomic mass is 10.1. The summed E-state index contributed by atoms with van der Waals surface area (Å²) in [4.78, 5) is 23.8. The van der Waals surface area contributed by atoms with Gasteiger partial charge in [-0.15, -0.1) is 0 Å². The zero-order chi connectivity index (χ0) is 19.9. The van der Waals surface area contributed by atoms with Gasteiger partial charge >= 0.3 is 0 Å². The van der Waals surface area contributed by atoms with Gasteiger partial charge in [-0.1, -0.05) is 42.5 Å². The molecule has 3 aromatic carbocycles. The molecule has 3 aromatic rings. The fourth-order valence-electron chi connectivity index (χ4n) is 2.42. The van der Waals surface area contributed by atoms with Gasteiger partial charge < -0.3 is 4.74 Å². The first-order valence-electron chi connectivity index (χ1n) is 8.29. The Hall–Kier alpha value is -3.52. The van der Waals surface area contributed by atoms with Crippen molar-refractivity contribution in [3.63, 3.8) is 0 Å². The van der Waals surface area contributed by atoms with Crippen molar-refractivity contribution in [1.29, 1.82) is 0 Å². The van der Waals surface area contributed by atoms with Gasteiger partial charge in [0.1, 0.15) is 11.6 Å². The van der Waals surface area contributed by atoms with Crippen LogP contribution in [0.3, 0.4) is 0 Å². The van der Waals surface area contributed by atoms with Crippen LogP contribution in [-0.4, -0.2) is 23.5 Å². The van der Waals surface area contributed by atoms with Crippen molar-refractivity contribution in [3.05, 3.63) is 78.1 Å². The van der Waals surface area contributed by atoms with Crippen LogP contribution in [0.2, 0.25) is 0 Å². The van der Waals surface area contributed by atoms with Crippen LogP contribution in [0, 0.1) is 5.82 Å². The minimum atomic E-state index is -0.725. The van der Waals surface area contributed by atoms with E-state index in [0.717, 1.165) is 16.8 Å². The van der Waals surface area contributed by atoms with E-state index >= 15 is 0 Å². The molecule has 0 aliphatic rings. The quantitative estimate of drug-likeness (QED) is 0.466. The molecule has 0 atom stereocenters. The number of carbonyl (C=O) groups excluding carboxylic acids is 2. The monoisotopic (exact) mass is 397 g/mol. The highest BCUT2D eigenvalue weighted by Crippen LogP contribution is 2.20. The number of amides is 2. The number of carbonyl (C=O) groups is 2. The summed E-state index contributed by atoms with van der Waals surface area (Å²) in [5.74, 6) is -1.35. The second-order valence-electron chi connectivity index (χ2n) is 5.73. The Morgan fingerprint density at radius 2 is 1.64 bits per heavy atom. The maximum atomic E-state index is 13.6. The average Bonchev–Trinajstić information content (AvgIpc) is 2.70. The molecule has 0 aliphatic heterocycles. The third-order valence-electron chi connectivity index (χ3n) is 3.75. The summed E-state index contributed by atoms with van der Waals surface area (Å²) < 4.78 is 19.0. The normalized spacial score (nSPS) is 10.2. The predicted molar refractivity (Wildman–Crippen MR) is 107 cm³/mol. The Morgan fingerprint density at radius 3 is 2.43 bits per heavy atom. The zero-order valence-corrected chi connectivity index (χ0v) is 15.4. The molecule has 142 valence electrons. The summed E-state index contributed by atoms with van der Waals surface area (Å²) in [6.07, 6.45) is 0. The third kappa shape index (κ3) is 5.01. The van der Waals surface area contributed by atoms with E-state index in [1.807, 2.05) is 36.4 Å². The van der Waals surface area contributed by atoms with E-state index in [4.69, 9.17) is 17.0 Å². The Kier molecular flexibility index (Phi) is 6.13. The minimum Gasteiger partial charge on any atom is -0.484 e. The summed E-state index contributed by atoms with van der Waals surface area (Å²) >= 11 is 4.90. The highest BCUT2D eigenvalue weighted by Gasteiger charge is 2.12. The van der Waals surface area contributed by atoms with E-state index in [1.165, 1.54) is 18.2 Å². The van der Waals surface area contributed by atoms with Crippen LogP contribution in [0.25, 0.3) is 10.8 Å². The number of hydrogen-bond acceptors (Lipinski definition) is 4. The molecule has 0 saturated heterocycles. The predicted octanol–water partition coefficient (Wildman–Crippen LogP) is 2.69. The number of halogens is 1. The summed E-state index contributed by atoms with van der Waals surface area (Å²) in [5, 5.41) is 4.16. The number of ether oxygens (including phenoxy) is 1. The molecule has 0 spiro atoms. The first-order chi connectivity index (χ1) is 13.5. The van der Waals surface area contributed by atoms with E-state index in [1.54, 1.807) is 6.07 Å². The second kappa shape index (κ2) is 8.92. The Morgan fingerprint density at radius 1 is 0.929 bits per heavy atom. The van der Waals surface area contributed by atoms with E-state index in [0.29, 0.717) is 5.75 Å². The van der Waals surface area contributed by atoms with Crippen LogP contribution in [0.1, 0.15) is 10.4 Å². The molecule has 6 nitrogen and oxygen atoms in total. The molecule has 3 rings (SSSR count). The van der Waals surface area contributed by atoms with Crippen LogP contribution in [-0.2, 0) is 4.79 Å². The van der Waals surface area contributed by atoms with Crippen LogP contribution >= 0.6 is 12.2 Å². The van der Waals surface area contributed by atoms with Crippen molar-refractivity contribution in [2.45, 2.75) is 0 Å². The molecule has 8 heteroatoms. The molecule has 0 aromatic heterocycles. The minimum absolute atomic E-state index is 0.155. The number of benzene rings is 3. The lowest BCUT2D eigenvalue weighted by Crippen LogP contribution is -2.49. The van der Waals surface area contributed by atoms with Crippen LogP contribution in [0.15, 0.2) is 66.7 Å². The van der Waals surface area contributed by atoms with Gasteiger partial charge in [0, 0.05) is 0 Å². The van der Waals surface area contributed by atoms with E-state index in [9.17, 15) is 14.0 Å². The number of nitrogens with one attached hydrogen (secondary N) is 3. The summed E-state index contributed by atoms with van der Waals surface area (Å²) in [5.41, 5.74) is 4.51. The number of hydrogen-bond donors (Lipinski definition) is 3. The number of hydrazine groups is 1. The molecular weight excluding hydrogens is 381 g/mol. The van der Waals surface area contributed by atoms with Crippen molar-refractivity contribution in [2.24, 2.45) is 0 Å². The summed E-state index contributed by atoms with van der Waals surface area (Å²) in [6, 6.07) is 18.8. The molecule has 0 fully saturated rings. The first kappa shape index (κ1) is 19.2. The van der Waals surface area contributed by atoms with Crippen molar-refractivity contribution < 1.29 is 18.7 Å². The Bertz CT molecular complexity index is 1040. The molecular formula is C20H16FN3O3S. The Labute approximate surface area is 165 Å². The largest absolute Gasteiger partial charge is 0.484 e. The van der Waals surface area contributed by atoms with Crippen molar-refractivity contribution in [1.82, 2.24) is 16.2 Å². The third-order valence-corrected chi connectivity index (χ3v) is 3.96. The van der Waals surface area contributed by atoms with Gasteiger partial charge in [0.2, 0.25) is 0 Å². The second-order valence-corrected chi connectivity index (χ2v) is 6.14. The van der Waals surface area contributed by atoms with Crippen LogP contribution < -0.4 is 20.9 Å². The molecule has 0 saturated carbocycles. The van der Waals surface area contributed by atoms with Gasteiger partial charge in [-0.05, 0) is 47.3 Å². The van der Waals surface area contributed by atoms with Crippen LogP contribution in [0.4, 0.5) is 4.39 Å². The number of rotatable bonds is 4. The van der Waals surface area contributed by atoms with E-state index < -0.39 is 17.6 Å². The lowest BCUT2D eigenvalue weighted by molar-refractivity contribution is -0.123. The SMILES string of the molecule is O=C(COc1ccc2ccccc2c1)NNC(=S)NC(=O)c1ccccc1F. The summed E-state index contributed by atoms with van der Waals surface area (Å²) in [7, 11) is 0. The maximum absolute atomic E-state index is 13.6. The molecule has 0 bridgehead atoms. The van der Waals surface area contributed by atoms with Crippen molar-refractivity contribution in [2.75, 3.05) is 6.61 Å². The molecule has 0 unspecified atom stereocenters. The molecule has 28 heavy (non-hydrogen) atoms. The van der Waals surface area contributed by atoms with Crippen LogP contribution in [0.5, 0.6) is 5.75 Å². The molecule has 2 amide bonds. The van der Waals surface area contributed by atoms with Gasteiger partial charge in [-0.2, -0.15) is 0 Å². The molecule has 0 aliphatic carbocycles. The highest BCUT2D eigenvalue weighted by atomic mass is 32.1. The van der Waals surface area contributed by atoms with Gasteiger partial charge in [0.25, 0.3) is 11.8 Å². The number of thiocarbonyl (C=S) groups is 1. The van der Waals surface area contributed by atoms with E-state index in [2.05, 4.69) is 16.2 Å². The fraction of sp³-hybridized carbons (Fsp3) is 0.0500. The maximum Gasteiger partial charge on any atom is 0.276 e. The molecule has 0 heterocycles. The smallest absolute Gasteiger partial charge is 0.276 e. The number of fused-ring (bicyclic) bond motifs is 1. The van der Waals surface area contributed by atoms with Crippen molar-refractivity contribution >= 4 is 39.9 Å². The fourth-order valence-corrected chi connectivity index (χ4v) is 2.56. The zero-order valence-electron chi connectivity index (χ0n) is 14.6.